The second kappa shape index (κ2) is 6.16. The fraction of sp³-hybridized carbons (Fsp3) is 0.167. The number of hydrogen-bond donors (Lipinski definition) is 0. The van der Waals surface area contributed by atoms with Crippen LogP contribution in [0.25, 0.3) is 0 Å². The summed E-state index contributed by atoms with van der Waals surface area (Å²) in [4.78, 5) is 41.5. The van der Waals surface area contributed by atoms with Crippen molar-refractivity contribution in [2.45, 2.75) is 13.3 Å². The Morgan fingerprint density at radius 3 is 2.25 bits per heavy atom. The monoisotopic (exact) mass is 325 g/mol. The van der Waals surface area contributed by atoms with Crippen LogP contribution >= 0.6 is 0 Å². The van der Waals surface area contributed by atoms with Crippen molar-refractivity contribution >= 4 is 17.8 Å². The first-order valence-corrected chi connectivity index (χ1v) is 7.33. The Labute approximate surface area is 138 Å². The fourth-order valence-corrected chi connectivity index (χ4v) is 2.59. The maximum atomic E-state index is 12.2. The molecular weight excluding hydrogens is 310 g/mol. The van der Waals surface area contributed by atoms with E-state index < -0.39 is 17.8 Å². The molecule has 0 saturated heterocycles. The van der Waals surface area contributed by atoms with Gasteiger partial charge in [-0.1, -0.05) is 34.9 Å². The first-order valence-electron chi connectivity index (χ1n) is 7.33. The summed E-state index contributed by atoms with van der Waals surface area (Å²) >= 11 is 0. The highest BCUT2D eigenvalue weighted by atomic mass is 16.7. The lowest BCUT2D eigenvalue weighted by Gasteiger charge is -2.14. The number of rotatable bonds is 4. The molecule has 0 radical (unpaired) electrons. The van der Waals surface area contributed by atoms with E-state index in [4.69, 9.17) is 9.57 Å². The summed E-state index contributed by atoms with van der Waals surface area (Å²) in [6.07, 6.45) is -0.113. The topological polar surface area (TPSA) is 72.9 Å². The molecule has 1 aliphatic heterocycles. The Bertz CT molecular complexity index is 808. The molecule has 24 heavy (non-hydrogen) atoms. The molecule has 1 aliphatic rings. The van der Waals surface area contributed by atoms with Gasteiger partial charge >= 0.3 is 5.97 Å². The number of aryl methyl sites for hydroxylation is 1. The summed E-state index contributed by atoms with van der Waals surface area (Å²) in [7, 11) is 1.50. The molecule has 0 N–H and O–H groups in total. The number of hydrogen-bond acceptors (Lipinski definition) is 5. The quantitative estimate of drug-likeness (QED) is 0.807. The number of hydroxylamine groups is 2. The summed E-state index contributed by atoms with van der Waals surface area (Å²) < 4.78 is 5.21. The van der Waals surface area contributed by atoms with Gasteiger partial charge in [0.15, 0.2) is 0 Å². The number of methoxy groups -OCH3 is 1. The third kappa shape index (κ3) is 2.74. The molecule has 0 bridgehead atoms. The number of fused-ring (bicyclic) bond motifs is 1. The summed E-state index contributed by atoms with van der Waals surface area (Å²) in [5.41, 5.74) is 2.03. The zero-order valence-electron chi connectivity index (χ0n) is 13.2. The Morgan fingerprint density at radius 2 is 1.67 bits per heavy atom. The lowest BCUT2D eigenvalue weighted by molar-refractivity contribution is -0.167. The molecule has 0 aliphatic carbocycles. The molecule has 3 rings (SSSR count). The van der Waals surface area contributed by atoms with E-state index in [1.165, 1.54) is 19.2 Å². The molecule has 122 valence electrons. The SMILES string of the molecule is COc1ccc(C)cc1CC(=O)ON1C(=O)c2ccccc2C1=O. The minimum Gasteiger partial charge on any atom is -0.496 e. The summed E-state index contributed by atoms with van der Waals surface area (Å²) in [6, 6.07) is 11.7. The molecule has 0 saturated carbocycles. The standard InChI is InChI=1S/C18H15NO5/c1-11-7-8-15(23-2)12(9-11)10-16(20)24-19-17(21)13-5-3-4-6-14(13)18(19)22/h3-9H,10H2,1-2H3. The van der Waals surface area contributed by atoms with Gasteiger partial charge in [0.05, 0.1) is 24.7 Å². The van der Waals surface area contributed by atoms with Crippen LogP contribution in [-0.2, 0) is 16.1 Å². The normalized spacial score (nSPS) is 13.0. The second-order valence-electron chi connectivity index (χ2n) is 5.41. The lowest BCUT2D eigenvalue weighted by Crippen LogP contribution is -2.33. The molecule has 0 unspecified atom stereocenters. The highest BCUT2D eigenvalue weighted by Crippen LogP contribution is 2.24. The van der Waals surface area contributed by atoms with Gasteiger partial charge < -0.3 is 9.57 Å². The molecule has 0 atom stereocenters. The summed E-state index contributed by atoms with van der Waals surface area (Å²) in [6.45, 7) is 1.89. The molecule has 2 amide bonds. The average Bonchev–Trinajstić information content (AvgIpc) is 2.80. The Balaban J connectivity index is 1.76. The van der Waals surface area contributed by atoms with Crippen LogP contribution in [0.5, 0.6) is 5.75 Å². The van der Waals surface area contributed by atoms with Crippen LogP contribution in [0.2, 0.25) is 0 Å². The van der Waals surface area contributed by atoms with Crippen molar-refractivity contribution in [3.63, 3.8) is 0 Å². The van der Waals surface area contributed by atoms with Crippen LogP contribution in [0.4, 0.5) is 0 Å². The number of benzene rings is 2. The minimum atomic E-state index is -0.714. The average molecular weight is 325 g/mol. The van der Waals surface area contributed by atoms with Gasteiger partial charge in [0.25, 0.3) is 11.8 Å². The van der Waals surface area contributed by atoms with E-state index >= 15 is 0 Å². The van der Waals surface area contributed by atoms with E-state index in [0.717, 1.165) is 5.56 Å². The molecule has 2 aromatic carbocycles. The van der Waals surface area contributed by atoms with Crippen LogP contribution in [0, 0.1) is 6.92 Å². The number of amides is 2. The summed E-state index contributed by atoms with van der Waals surface area (Å²) in [5.74, 6) is -1.45. The highest BCUT2D eigenvalue weighted by molar-refractivity contribution is 6.20. The van der Waals surface area contributed by atoms with Crippen LogP contribution in [0.1, 0.15) is 31.8 Å². The maximum Gasteiger partial charge on any atom is 0.337 e. The Morgan fingerprint density at radius 1 is 1.04 bits per heavy atom. The van der Waals surface area contributed by atoms with Gasteiger partial charge in [-0.3, -0.25) is 9.59 Å². The van der Waals surface area contributed by atoms with E-state index in [1.807, 2.05) is 13.0 Å². The van der Waals surface area contributed by atoms with Crippen LogP contribution in [0.15, 0.2) is 42.5 Å². The van der Waals surface area contributed by atoms with Crippen molar-refractivity contribution in [2.75, 3.05) is 7.11 Å². The van der Waals surface area contributed by atoms with Crippen LogP contribution in [0.3, 0.4) is 0 Å². The van der Waals surface area contributed by atoms with E-state index in [2.05, 4.69) is 0 Å². The molecule has 0 aromatic heterocycles. The molecule has 6 heteroatoms. The van der Waals surface area contributed by atoms with E-state index in [9.17, 15) is 14.4 Å². The second-order valence-corrected chi connectivity index (χ2v) is 5.41. The van der Waals surface area contributed by atoms with Crippen molar-refractivity contribution in [2.24, 2.45) is 0 Å². The van der Waals surface area contributed by atoms with Crippen molar-refractivity contribution in [3.05, 3.63) is 64.7 Å². The number of nitrogens with zero attached hydrogens (tertiary/aromatic N) is 1. The summed E-state index contributed by atoms with van der Waals surface area (Å²) in [5, 5.41) is 0.509. The van der Waals surface area contributed by atoms with Crippen LogP contribution < -0.4 is 4.74 Å². The molecular formula is C18H15NO5. The third-order valence-electron chi connectivity index (χ3n) is 3.72. The Kier molecular flexibility index (Phi) is 4.04. The van der Waals surface area contributed by atoms with Gasteiger partial charge in [0.2, 0.25) is 0 Å². The zero-order chi connectivity index (χ0) is 17.3. The van der Waals surface area contributed by atoms with Gasteiger partial charge in [-0.25, -0.2) is 4.79 Å². The van der Waals surface area contributed by atoms with Gasteiger partial charge in [-0.05, 0) is 25.1 Å². The van der Waals surface area contributed by atoms with Gasteiger partial charge in [-0.2, -0.15) is 0 Å². The van der Waals surface area contributed by atoms with E-state index in [-0.39, 0.29) is 17.5 Å². The first-order chi connectivity index (χ1) is 11.5. The smallest absolute Gasteiger partial charge is 0.337 e. The maximum absolute atomic E-state index is 12.2. The van der Waals surface area contributed by atoms with Crippen LogP contribution in [-0.4, -0.2) is 30.0 Å². The molecule has 2 aromatic rings. The minimum absolute atomic E-state index is 0.113. The lowest BCUT2D eigenvalue weighted by atomic mass is 10.1. The molecule has 6 nitrogen and oxygen atoms in total. The fourth-order valence-electron chi connectivity index (χ4n) is 2.59. The third-order valence-corrected chi connectivity index (χ3v) is 3.72. The Hall–Kier alpha value is -3.15. The highest BCUT2D eigenvalue weighted by Gasteiger charge is 2.38. The van der Waals surface area contributed by atoms with Gasteiger partial charge in [0, 0.05) is 5.56 Å². The van der Waals surface area contributed by atoms with Crippen molar-refractivity contribution in [1.29, 1.82) is 0 Å². The predicted octanol–water partition coefficient (Wildman–Crippen LogP) is 2.30. The molecule has 0 fully saturated rings. The number of ether oxygens (including phenoxy) is 1. The molecule has 0 spiro atoms. The molecule has 1 heterocycles. The number of carbonyl (C=O) groups excluding carboxylic acids is 3. The number of imide groups is 1. The van der Waals surface area contributed by atoms with Gasteiger partial charge in [-0.15, -0.1) is 0 Å². The zero-order valence-corrected chi connectivity index (χ0v) is 13.2. The van der Waals surface area contributed by atoms with Crippen molar-refractivity contribution in [1.82, 2.24) is 5.06 Å². The number of carbonyl (C=O) groups is 3. The first kappa shape index (κ1) is 15.7. The predicted molar refractivity (Wildman–Crippen MR) is 84.5 cm³/mol. The largest absolute Gasteiger partial charge is 0.496 e. The van der Waals surface area contributed by atoms with Crippen molar-refractivity contribution < 1.29 is 24.0 Å². The van der Waals surface area contributed by atoms with Crippen molar-refractivity contribution in [3.8, 4) is 5.75 Å². The van der Waals surface area contributed by atoms with E-state index in [0.29, 0.717) is 16.4 Å². The van der Waals surface area contributed by atoms with Gasteiger partial charge in [0.1, 0.15) is 5.75 Å². The van der Waals surface area contributed by atoms with E-state index in [1.54, 1.807) is 24.3 Å².